The molecule has 4 aliphatic heterocycles. The lowest BCUT2D eigenvalue weighted by Gasteiger charge is -2.37. The molecule has 3 aromatic rings. The molecule has 11 heteroatoms. The number of nitrogens with one attached hydrogen (secondary N) is 1. The van der Waals surface area contributed by atoms with Gasteiger partial charge in [0.15, 0.2) is 0 Å². The van der Waals surface area contributed by atoms with Crippen LogP contribution in [0.25, 0.3) is 11.0 Å². The number of nitrogens with zero attached hydrogens (tertiary/aromatic N) is 4. The summed E-state index contributed by atoms with van der Waals surface area (Å²) >= 11 is 0. The van der Waals surface area contributed by atoms with Crippen molar-refractivity contribution in [1.82, 2.24) is 19.4 Å². The Balaban J connectivity index is 1.41. The third kappa shape index (κ3) is 6.84. The molecule has 6 heterocycles. The Morgan fingerprint density at radius 2 is 1.73 bits per heavy atom. The second kappa shape index (κ2) is 12.9. The van der Waals surface area contributed by atoms with Crippen LogP contribution in [0.5, 0.6) is 0 Å². The highest BCUT2D eigenvalue weighted by atomic mass is 32.2. The van der Waals surface area contributed by atoms with E-state index in [1.54, 1.807) is 16.7 Å². The van der Waals surface area contributed by atoms with Gasteiger partial charge in [-0.05, 0) is 88.1 Å². The van der Waals surface area contributed by atoms with Crippen LogP contribution in [0.3, 0.4) is 0 Å². The van der Waals surface area contributed by atoms with E-state index in [1.807, 2.05) is 25.1 Å². The standard InChI is InChI=1S/C34H43F2N5O3S/c1-23-7-4-3-5-14-41-32-30(20-29(33(41)42)25-12-17-45(43,44)18-13-25)31(37-22-38-32)39-24(2)26-8-6-9-28(19-26)34(35,36)27-10-15-40(21-23)16-11-27/h3,5-6,8-9,19-20,22-25,27H,4,7,10-18,21H2,1-2H3,(H,37,38,39)/b5-3-/t23?,24-/m1/s1. The van der Waals surface area contributed by atoms with Crippen LogP contribution in [0.1, 0.15) is 81.0 Å². The van der Waals surface area contributed by atoms with Crippen LogP contribution in [0.15, 0.2) is 53.6 Å². The average molecular weight is 640 g/mol. The van der Waals surface area contributed by atoms with Gasteiger partial charge in [0.1, 0.15) is 27.6 Å². The predicted octanol–water partition coefficient (Wildman–Crippen LogP) is 6.05. The second-order valence-corrected chi connectivity index (χ2v) is 15.5. The normalized spacial score (nSPS) is 28.3. The molecule has 2 aromatic heterocycles. The molecular formula is C34H43F2N5O3S. The maximum absolute atomic E-state index is 15.9. The van der Waals surface area contributed by atoms with Gasteiger partial charge in [0, 0.05) is 36.2 Å². The quantitative estimate of drug-likeness (QED) is 0.324. The van der Waals surface area contributed by atoms with E-state index in [0.717, 1.165) is 19.4 Å². The Hall–Kier alpha value is -3.18. The SMILES string of the molecule is CC1CC/C=C\Cn2c(=O)c(C3CCS(=O)(=O)CC3)cc3c(ncnc32)N[C@H](C)c2cccc(c2)C(F)(F)C2CCN(CC2)C1. The summed E-state index contributed by atoms with van der Waals surface area (Å²) in [7, 11) is -3.10. The Labute approximate surface area is 263 Å². The smallest absolute Gasteiger partial charge is 0.276 e. The number of piperidine rings is 1. The molecule has 4 aliphatic rings. The van der Waals surface area contributed by atoms with Crippen LogP contribution in [-0.4, -0.2) is 59.0 Å². The van der Waals surface area contributed by atoms with Crippen molar-refractivity contribution in [3.05, 3.63) is 75.9 Å². The van der Waals surface area contributed by atoms with Crippen molar-refractivity contribution >= 4 is 26.7 Å². The van der Waals surface area contributed by atoms with Crippen LogP contribution in [0.4, 0.5) is 14.6 Å². The van der Waals surface area contributed by atoms with E-state index in [0.29, 0.717) is 79.2 Å². The van der Waals surface area contributed by atoms with Crippen LogP contribution in [0.2, 0.25) is 0 Å². The Morgan fingerprint density at radius 3 is 2.49 bits per heavy atom. The van der Waals surface area contributed by atoms with Crippen molar-refractivity contribution in [1.29, 1.82) is 0 Å². The summed E-state index contributed by atoms with van der Waals surface area (Å²) in [6.07, 6.45) is 9.04. The summed E-state index contributed by atoms with van der Waals surface area (Å²) in [6.45, 7) is 6.68. The highest BCUT2D eigenvalue weighted by Crippen LogP contribution is 2.42. The van der Waals surface area contributed by atoms with Gasteiger partial charge in [0.05, 0.1) is 16.9 Å². The minimum Gasteiger partial charge on any atom is -0.363 e. The monoisotopic (exact) mass is 639 g/mol. The molecule has 8 nitrogen and oxygen atoms in total. The maximum atomic E-state index is 15.9. The zero-order valence-corrected chi connectivity index (χ0v) is 26.9. The number of alkyl halides is 2. The van der Waals surface area contributed by atoms with Crippen molar-refractivity contribution in [3.8, 4) is 0 Å². The molecule has 0 radical (unpaired) electrons. The van der Waals surface area contributed by atoms with Crippen LogP contribution >= 0.6 is 0 Å². The first-order valence-corrected chi connectivity index (χ1v) is 18.0. The number of pyridine rings is 1. The highest BCUT2D eigenvalue weighted by molar-refractivity contribution is 7.91. The average Bonchev–Trinajstić information content (AvgIpc) is 3.02. The van der Waals surface area contributed by atoms with Gasteiger partial charge in [-0.2, -0.15) is 0 Å². The fourth-order valence-corrected chi connectivity index (χ4v) is 8.70. The van der Waals surface area contributed by atoms with Gasteiger partial charge in [-0.1, -0.05) is 37.3 Å². The molecule has 8 bridgehead atoms. The third-order valence-corrected chi connectivity index (χ3v) is 11.7. The highest BCUT2D eigenvalue weighted by Gasteiger charge is 2.43. The van der Waals surface area contributed by atoms with E-state index in [2.05, 4.69) is 33.2 Å². The number of fused-ring (bicyclic) bond motifs is 8. The summed E-state index contributed by atoms with van der Waals surface area (Å²) in [5, 5.41) is 4.06. The van der Waals surface area contributed by atoms with Crippen molar-refractivity contribution in [2.75, 3.05) is 36.5 Å². The lowest BCUT2D eigenvalue weighted by Crippen LogP contribution is -2.41. The first kappa shape index (κ1) is 31.8. The van der Waals surface area contributed by atoms with Gasteiger partial charge in [-0.3, -0.25) is 9.36 Å². The van der Waals surface area contributed by atoms with E-state index in [1.165, 1.54) is 12.4 Å². The summed E-state index contributed by atoms with van der Waals surface area (Å²) < 4.78 is 57.8. The van der Waals surface area contributed by atoms with Gasteiger partial charge in [0.2, 0.25) is 0 Å². The Bertz CT molecular complexity index is 1720. The number of halogens is 2. The molecule has 1 unspecified atom stereocenters. The summed E-state index contributed by atoms with van der Waals surface area (Å²) in [6, 6.07) is 8.12. The molecule has 2 fully saturated rings. The van der Waals surface area contributed by atoms with E-state index >= 15 is 8.78 Å². The number of hydrogen-bond donors (Lipinski definition) is 1. The fraction of sp³-hybridized carbons (Fsp3) is 0.559. The summed E-state index contributed by atoms with van der Waals surface area (Å²) in [5.74, 6) is -2.80. The zero-order chi connectivity index (χ0) is 31.8. The molecular weight excluding hydrogens is 596 g/mol. The van der Waals surface area contributed by atoms with Gasteiger partial charge < -0.3 is 10.2 Å². The topological polar surface area (TPSA) is 97.2 Å². The number of rotatable bonds is 1. The second-order valence-electron chi connectivity index (χ2n) is 13.2. The van der Waals surface area contributed by atoms with E-state index in [4.69, 9.17) is 0 Å². The number of aromatic nitrogens is 3. The molecule has 0 aliphatic carbocycles. The number of allylic oxidation sites excluding steroid dienone is 2. The van der Waals surface area contributed by atoms with E-state index in [-0.39, 0.29) is 34.6 Å². The first-order chi connectivity index (χ1) is 21.5. The van der Waals surface area contributed by atoms with Crippen LogP contribution in [0, 0.1) is 11.8 Å². The molecule has 7 rings (SSSR count). The summed E-state index contributed by atoms with van der Waals surface area (Å²) in [4.78, 5) is 25.3. The first-order valence-electron chi connectivity index (χ1n) is 16.2. The molecule has 1 aromatic carbocycles. The summed E-state index contributed by atoms with van der Waals surface area (Å²) in [5.41, 5.74) is 1.62. The third-order valence-electron chi connectivity index (χ3n) is 9.98. The van der Waals surface area contributed by atoms with E-state index < -0.39 is 21.7 Å². The Kier molecular flexibility index (Phi) is 9.12. The molecule has 1 N–H and O–H groups in total. The van der Waals surface area contributed by atoms with Crippen LogP contribution in [-0.2, 0) is 22.3 Å². The number of sulfone groups is 1. The van der Waals surface area contributed by atoms with Gasteiger partial charge in [0.25, 0.3) is 11.5 Å². The molecule has 45 heavy (non-hydrogen) atoms. The lowest BCUT2D eigenvalue weighted by atomic mass is 9.85. The Morgan fingerprint density at radius 1 is 0.978 bits per heavy atom. The van der Waals surface area contributed by atoms with E-state index in [9.17, 15) is 13.2 Å². The number of anilines is 1. The molecule has 0 spiro atoms. The van der Waals surface area contributed by atoms with Gasteiger partial charge in [-0.15, -0.1) is 0 Å². The van der Waals surface area contributed by atoms with Crippen LogP contribution < -0.4 is 10.9 Å². The fourth-order valence-electron chi connectivity index (χ4n) is 7.21. The van der Waals surface area contributed by atoms with Crippen molar-refractivity contribution < 1.29 is 17.2 Å². The maximum Gasteiger partial charge on any atom is 0.276 e. The molecule has 2 atom stereocenters. The lowest BCUT2D eigenvalue weighted by molar-refractivity contribution is -0.0862. The number of hydrogen-bond acceptors (Lipinski definition) is 7. The number of benzene rings is 1. The molecule has 2 saturated heterocycles. The van der Waals surface area contributed by atoms with Crippen molar-refractivity contribution in [2.24, 2.45) is 11.8 Å². The minimum absolute atomic E-state index is 0.0355. The van der Waals surface area contributed by atoms with Crippen molar-refractivity contribution in [3.63, 3.8) is 0 Å². The zero-order valence-electron chi connectivity index (χ0n) is 26.1. The molecule has 242 valence electrons. The largest absolute Gasteiger partial charge is 0.363 e. The molecule has 0 amide bonds. The minimum atomic E-state index is -3.10. The van der Waals surface area contributed by atoms with Crippen molar-refractivity contribution in [2.45, 2.75) is 76.8 Å². The van der Waals surface area contributed by atoms with Gasteiger partial charge in [-0.25, -0.2) is 27.2 Å². The van der Waals surface area contributed by atoms with Gasteiger partial charge >= 0.3 is 0 Å². The predicted molar refractivity (Wildman–Crippen MR) is 174 cm³/mol. The molecule has 0 saturated carbocycles.